The van der Waals surface area contributed by atoms with E-state index >= 15 is 0 Å². The molecule has 0 unspecified atom stereocenters. The zero-order valence-corrected chi connectivity index (χ0v) is 12.8. The average molecular weight is 293 g/mol. The van der Waals surface area contributed by atoms with Gasteiger partial charge in [0.1, 0.15) is 5.75 Å². The van der Waals surface area contributed by atoms with Crippen LogP contribution in [0.1, 0.15) is 25.0 Å². The first-order valence-electron chi connectivity index (χ1n) is 7.45. The van der Waals surface area contributed by atoms with Crippen LogP contribution in [-0.2, 0) is 11.2 Å². The van der Waals surface area contributed by atoms with Gasteiger partial charge in [0.2, 0.25) is 0 Å². The molecule has 22 heavy (non-hydrogen) atoms. The van der Waals surface area contributed by atoms with Gasteiger partial charge in [-0.05, 0) is 37.6 Å². The first kappa shape index (κ1) is 14.4. The summed E-state index contributed by atoms with van der Waals surface area (Å²) >= 11 is 0. The molecule has 1 aliphatic heterocycles. The van der Waals surface area contributed by atoms with Gasteiger partial charge in [-0.2, -0.15) is 0 Å². The summed E-state index contributed by atoms with van der Waals surface area (Å²) in [5.74, 6) is 0.765. The zero-order valence-electron chi connectivity index (χ0n) is 12.8. The van der Waals surface area contributed by atoms with Gasteiger partial charge in [0.05, 0.1) is 6.61 Å². The van der Waals surface area contributed by atoms with Crippen LogP contribution in [0.25, 0.3) is 5.57 Å². The average Bonchev–Trinajstić information content (AvgIpc) is 2.83. The zero-order chi connectivity index (χ0) is 15.5. The fourth-order valence-corrected chi connectivity index (χ4v) is 2.66. The van der Waals surface area contributed by atoms with Crippen LogP contribution in [-0.4, -0.2) is 12.5 Å². The van der Waals surface area contributed by atoms with E-state index in [9.17, 15) is 4.79 Å². The van der Waals surface area contributed by atoms with Crippen molar-refractivity contribution in [2.45, 2.75) is 20.3 Å². The molecule has 2 aromatic carbocycles. The van der Waals surface area contributed by atoms with E-state index in [1.807, 2.05) is 50.2 Å². The number of allylic oxidation sites excluding steroid dienone is 1. The molecule has 0 bridgehead atoms. The van der Waals surface area contributed by atoms with Crippen LogP contribution in [0, 0.1) is 0 Å². The summed E-state index contributed by atoms with van der Waals surface area (Å²) in [5, 5.41) is 2.89. The van der Waals surface area contributed by atoms with E-state index in [4.69, 9.17) is 4.74 Å². The molecule has 1 heterocycles. The lowest BCUT2D eigenvalue weighted by atomic mass is 10.0. The summed E-state index contributed by atoms with van der Waals surface area (Å²) in [6, 6.07) is 16.0. The summed E-state index contributed by atoms with van der Waals surface area (Å²) in [7, 11) is 0. The molecule has 1 N–H and O–H groups in total. The number of carbonyl (C=O) groups is 1. The molecule has 0 radical (unpaired) electrons. The fourth-order valence-electron chi connectivity index (χ4n) is 2.66. The van der Waals surface area contributed by atoms with Crippen LogP contribution in [0.15, 0.2) is 54.1 Å². The summed E-state index contributed by atoms with van der Waals surface area (Å²) in [6.07, 6.45) is 0.866. The normalized spacial score (nSPS) is 12.8. The highest BCUT2D eigenvalue weighted by Gasteiger charge is 2.25. The first-order chi connectivity index (χ1) is 10.6. The molecule has 3 heteroatoms. The van der Waals surface area contributed by atoms with E-state index in [-0.39, 0.29) is 5.91 Å². The quantitative estimate of drug-likeness (QED) is 0.864. The van der Waals surface area contributed by atoms with Crippen molar-refractivity contribution in [1.82, 2.24) is 0 Å². The molecular weight excluding hydrogens is 274 g/mol. The maximum absolute atomic E-state index is 12.0. The molecular formula is C19H19NO2. The highest BCUT2D eigenvalue weighted by Crippen LogP contribution is 2.36. The summed E-state index contributed by atoms with van der Waals surface area (Å²) in [5.41, 5.74) is 4.81. The van der Waals surface area contributed by atoms with E-state index < -0.39 is 0 Å². The Hall–Kier alpha value is -2.55. The summed E-state index contributed by atoms with van der Waals surface area (Å²) < 4.78 is 5.84. The van der Waals surface area contributed by atoms with E-state index in [1.165, 1.54) is 5.56 Å². The van der Waals surface area contributed by atoms with Crippen LogP contribution in [0.4, 0.5) is 5.69 Å². The number of hydrogen-bond donors (Lipinski definition) is 1. The number of anilines is 1. The van der Waals surface area contributed by atoms with Gasteiger partial charge in [0.15, 0.2) is 0 Å². The lowest BCUT2D eigenvalue weighted by molar-refractivity contribution is -0.110. The molecule has 1 aliphatic rings. The fraction of sp³-hybridized carbons (Fsp3) is 0.211. The lowest BCUT2D eigenvalue weighted by Crippen LogP contribution is -2.04. The van der Waals surface area contributed by atoms with Gasteiger partial charge >= 0.3 is 0 Å². The number of benzene rings is 2. The maximum atomic E-state index is 12.0. The third kappa shape index (κ3) is 2.89. The number of carbonyl (C=O) groups excluding carboxylic acids is 1. The number of nitrogens with one attached hydrogen (secondary N) is 1. The Bertz CT molecular complexity index is 728. The van der Waals surface area contributed by atoms with Gasteiger partial charge in [-0.25, -0.2) is 0 Å². The molecule has 0 saturated heterocycles. The number of fused-ring (bicyclic) bond motifs is 1. The van der Waals surface area contributed by atoms with Gasteiger partial charge in [0.25, 0.3) is 5.91 Å². The van der Waals surface area contributed by atoms with Crippen LogP contribution in [0.5, 0.6) is 5.75 Å². The van der Waals surface area contributed by atoms with Crippen LogP contribution in [0.3, 0.4) is 0 Å². The molecule has 0 saturated carbocycles. The van der Waals surface area contributed by atoms with Crippen molar-refractivity contribution in [3.8, 4) is 5.75 Å². The van der Waals surface area contributed by atoms with Crippen LogP contribution >= 0.6 is 0 Å². The van der Waals surface area contributed by atoms with Crippen molar-refractivity contribution < 1.29 is 9.53 Å². The summed E-state index contributed by atoms with van der Waals surface area (Å²) in [6.45, 7) is 4.52. The number of rotatable bonds is 4. The Kier molecular flexibility index (Phi) is 3.96. The standard InChI is InChI=1S/C19H19NO2/c1-13(2)18-16-12-15(8-9-17(16)20-19(18)21)22-11-10-14-6-4-3-5-7-14/h3-9,12H,10-11H2,1-2H3,(H,20,21). The molecule has 0 atom stereocenters. The molecule has 3 rings (SSSR count). The van der Waals surface area contributed by atoms with E-state index in [0.29, 0.717) is 6.61 Å². The van der Waals surface area contributed by atoms with Gasteiger partial charge in [0, 0.05) is 23.2 Å². The highest BCUT2D eigenvalue weighted by atomic mass is 16.5. The van der Waals surface area contributed by atoms with E-state index in [0.717, 1.165) is 34.6 Å². The second kappa shape index (κ2) is 6.06. The Labute approximate surface area is 130 Å². The van der Waals surface area contributed by atoms with Gasteiger partial charge < -0.3 is 10.1 Å². The van der Waals surface area contributed by atoms with Crippen molar-refractivity contribution in [3.05, 3.63) is 65.2 Å². The Morgan fingerprint density at radius 3 is 2.59 bits per heavy atom. The smallest absolute Gasteiger partial charge is 0.256 e. The van der Waals surface area contributed by atoms with Crippen LogP contribution in [0.2, 0.25) is 0 Å². The van der Waals surface area contributed by atoms with Crippen molar-refractivity contribution in [2.75, 3.05) is 11.9 Å². The third-order valence-corrected chi connectivity index (χ3v) is 3.74. The van der Waals surface area contributed by atoms with Crippen molar-refractivity contribution in [3.63, 3.8) is 0 Å². The van der Waals surface area contributed by atoms with Crippen LogP contribution < -0.4 is 10.1 Å². The van der Waals surface area contributed by atoms with Gasteiger partial charge in [-0.15, -0.1) is 0 Å². The Morgan fingerprint density at radius 1 is 1.09 bits per heavy atom. The lowest BCUT2D eigenvalue weighted by Gasteiger charge is -2.08. The minimum Gasteiger partial charge on any atom is -0.493 e. The summed E-state index contributed by atoms with van der Waals surface area (Å²) in [4.78, 5) is 12.0. The minimum absolute atomic E-state index is 0.0311. The van der Waals surface area contributed by atoms with Crippen molar-refractivity contribution in [1.29, 1.82) is 0 Å². The minimum atomic E-state index is -0.0311. The topological polar surface area (TPSA) is 38.3 Å². The predicted octanol–water partition coefficient (Wildman–Crippen LogP) is 4.05. The van der Waals surface area contributed by atoms with Gasteiger partial charge in [-0.1, -0.05) is 35.9 Å². The molecule has 1 amide bonds. The molecule has 0 aliphatic carbocycles. The molecule has 0 fully saturated rings. The van der Waals surface area contributed by atoms with Crippen molar-refractivity contribution >= 4 is 17.2 Å². The maximum Gasteiger partial charge on any atom is 0.256 e. The molecule has 0 spiro atoms. The second-order valence-corrected chi connectivity index (χ2v) is 5.62. The second-order valence-electron chi connectivity index (χ2n) is 5.62. The molecule has 3 nitrogen and oxygen atoms in total. The monoisotopic (exact) mass is 293 g/mol. The Balaban J connectivity index is 1.72. The molecule has 2 aromatic rings. The molecule has 112 valence electrons. The third-order valence-electron chi connectivity index (χ3n) is 3.74. The predicted molar refractivity (Wildman–Crippen MR) is 89.0 cm³/mol. The number of hydrogen-bond acceptors (Lipinski definition) is 2. The number of amides is 1. The first-order valence-corrected chi connectivity index (χ1v) is 7.45. The SMILES string of the molecule is CC(C)=C1C(=O)Nc2ccc(OCCc3ccccc3)cc21. The Morgan fingerprint density at radius 2 is 1.86 bits per heavy atom. The van der Waals surface area contributed by atoms with E-state index in [2.05, 4.69) is 17.4 Å². The largest absolute Gasteiger partial charge is 0.493 e. The van der Waals surface area contributed by atoms with Gasteiger partial charge in [-0.3, -0.25) is 4.79 Å². The van der Waals surface area contributed by atoms with Crippen molar-refractivity contribution in [2.24, 2.45) is 0 Å². The van der Waals surface area contributed by atoms with E-state index in [1.54, 1.807) is 0 Å². The number of ether oxygens (including phenoxy) is 1. The highest BCUT2D eigenvalue weighted by molar-refractivity contribution is 6.32. The molecule has 0 aromatic heterocycles.